The van der Waals surface area contributed by atoms with Crippen molar-refractivity contribution < 1.29 is 0 Å². The molecule has 1 aliphatic rings. The lowest BCUT2D eigenvalue weighted by Gasteiger charge is -2.15. The molecule has 0 spiro atoms. The number of rotatable bonds is 1. The van der Waals surface area contributed by atoms with E-state index in [1.165, 1.54) is 19.3 Å². The van der Waals surface area contributed by atoms with Crippen LogP contribution in [-0.4, -0.2) is 11.5 Å². The molecule has 1 fully saturated rings. The lowest BCUT2D eigenvalue weighted by atomic mass is 9.92. The third-order valence-corrected chi connectivity index (χ3v) is 3.33. The molecule has 0 aromatic rings. The Morgan fingerprint density at radius 3 is 2.33 bits per heavy atom. The molecule has 0 aromatic heterocycles. The molecule has 1 unspecified atom stereocenters. The second kappa shape index (κ2) is 2.53. The maximum absolute atomic E-state index is 2.38. The topological polar surface area (TPSA) is 0 Å². The van der Waals surface area contributed by atoms with Crippen LogP contribution in [-0.2, 0) is 0 Å². The SMILES string of the molecule is CSC1CCC(C)(C)C1. The monoisotopic (exact) mass is 144 g/mol. The van der Waals surface area contributed by atoms with Gasteiger partial charge in [0.1, 0.15) is 0 Å². The van der Waals surface area contributed by atoms with Gasteiger partial charge in [0, 0.05) is 5.25 Å². The van der Waals surface area contributed by atoms with E-state index in [9.17, 15) is 0 Å². The third kappa shape index (κ3) is 1.89. The van der Waals surface area contributed by atoms with Gasteiger partial charge in [-0.25, -0.2) is 0 Å². The van der Waals surface area contributed by atoms with Crippen molar-refractivity contribution in [1.82, 2.24) is 0 Å². The minimum absolute atomic E-state index is 0.647. The van der Waals surface area contributed by atoms with E-state index in [2.05, 4.69) is 20.1 Å². The van der Waals surface area contributed by atoms with Crippen LogP contribution in [0, 0.1) is 5.41 Å². The fourth-order valence-corrected chi connectivity index (χ4v) is 2.54. The van der Waals surface area contributed by atoms with E-state index in [0.717, 1.165) is 5.25 Å². The minimum Gasteiger partial charge on any atom is -0.162 e. The van der Waals surface area contributed by atoms with Crippen LogP contribution < -0.4 is 0 Å². The molecule has 0 saturated heterocycles. The number of hydrogen-bond donors (Lipinski definition) is 0. The largest absolute Gasteiger partial charge is 0.162 e. The van der Waals surface area contributed by atoms with Crippen LogP contribution >= 0.6 is 11.8 Å². The van der Waals surface area contributed by atoms with Gasteiger partial charge < -0.3 is 0 Å². The average Bonchev–Trinajstić information content (AvgIpc) is 2.10. The Kier molecular flexibility index (Phi) is 2.10. The van der Waals surface area contributed by atoms with Crippen LogP contribution in [0.25, 0.3) is 0 Å². The van der Waals surface area contributed by atoms with Crippen molar-refractivity contribution >= 4 is 11.8 Å². The van der Waals surface area contributed by atoms with Crippen LogP contribution in [0.1, 0.15) is 33.1 Å². The van der Waals surface area contributed by atoms with Gasteiger partial charge in [-0.05, 0) is 30.9 Å². The highest BCUT2D eigenvalue weighted by molar-refractivity contribution is 7.99. The van der Waals surface area contributed by atoms with Gasteiger partial charge in [0.05, 0.1) is 0 Å². The first-order valence-corrected chi connectivity index (χ1v) is 4.96. The highest BCUT2D eigenvalue weighted by Gasteiger charge is 2.29. The van der Waals surface area contributed by atoms with Crippen molar-refractivity contribution in [3.8, 4) is 0 Å². The smallest absolute Gasteiger partial charge is 0.00495 e. The van der Waals surface area contributed by atoms with E-state index in [4.69, 9.17) is 0 Å². The standard InChI is InChI=1S/C8H16S/c1-8(2)5-4-7(6-8)9-3/h7H,4-6H2,1-3H3. The molecular formula is C8H16S. The average molecular weight is 144 g/mol. The molecule has 1 heteroatoms. The summed E-state index contributed by atoms with van der Waals surface area (Å²) in [7, 11) is 0. The maximum Gasteiger partial charge on any atom is 0.00495 e. The molecular weight excluding hydrogens is 128 g/mol. The Morgan fingerprint density at radius 2 is 2.11 bits per heavy atom. The zero-order valence-electron chi connectivity index (χ0n) is 6.61. The fourth-order valence-electron chi connectivity index (χ4n) is 1.57. The van der Waals surface area contributed by atoms with Crippen LogP contribution in [0.5, 0.6) is 0 Å². The molecule has 1 rings (SSSR count). The summed E-state index contributed by atoms with van der Waals surface area (Å²) >= 11 is 2.03. The summed E-state index contributed by atoms with van der Waals surface area (Å²) in [5, 5.41) is 0.958. The van der Waals surface area contributed by atoms with E-state index in [1.807, 2.05) is 11.8 Å². The van der Waals surface area contributed by atoms with E-state index in [-0.39, 0.29) is 0 Å². The second-order valence-corrected chi connectivity index (χ2v) is 4.90. The minimum atomic E-state index is 0.647. The number of hydrogen-bond acceptors (Lipinski definition) is 1. The Hall–Kier alpha value is 0.350. The van der Waals surface area contributed by atoms with Gasteiger partial charge in [0.2, 0.25) is 0 Å². The zero-order valence-corrected chi connectivity index (χ0v) is 7.42. The van der Waals surface area contributed by atoms with Gasteiger partial charge >= 0.3 is 0 Å². The Labute approximate surface area is 62.4 Å². The van der Waals surface area contributed by atoms with Crippen molar-refractivity contribution in [3.05, 3.63) is 0 Å². The molecule has 0 heterocycles. The molecule has 0 N–H and O–H groups in total. The van der Waals surface area contributed by atoms with Crippen molar-refractivity contribution in [2.45, 2.75) is 38.4 Å². The normalized spacial score (nSPS) is 33.0. The van der Waals surface area contributed by atoms with Crippen molar-refractivity contribution in [3.63, 3.8) is 0 Å². The Balaban J connectivity index is 2.38. The predicted molar refractivity (Wildman–Crippen MR) is 44.9 cm³/mol. The lowest BCUT2D eigenvalue weighted by molar-refractivity contribution is 0.383. The van der Waals surface area contributed by atoms with E-state index in [0.29, 0.717) is 5.41 Å². The Morgan fingerprint density at radius 1 is 1.44 bits per heavy atom. The lowest BCUT2D eigenvalue weighted by Crippen LogP contribution is -2.05. The van der Waals surface area contributed by atoms with Gasteiger partial charge in [-0.1, -0.05) is 13.8 Å². The summed E-state index contributed by atoms with van der Waals surface area (Å²) < 4.78 is 0. The van der Waals surface area contributed by atoms with Gasteiger partial charge in [-0.3, -0.25) is 0 Å². The van der Waals surface area contributed by atoms with Crippen LogP contribution in [0.2, 0.25) is 0 Å². The summed E-state index contributed by atoms with van der Waals surface area (Å²) in [6, 6.07) is 0. The predicted octanol–water partition coefficient (Wildman–Crippen LogP) is 2.93. The quantitative estimate of drug-likeness (QED) is 0.545. The van der Waals surface area contributed by atoms with Crippen molar-refractivity contribution in [2.24, 2.45) is 5.41 Å². The third-order valence-electron chi connectivity index (χ3n) is 2.26. The molecule has 0 nitrogen and oxygen atoms in total. The highest BCUT2D eigenvalue weighted by atomic mass is 32.2. The summed E-state index contributed by atoms with van der Waals surface area (Å²) in [4.78, 5) is 0. The zero-order chi connectivity index (χ0) is 6.91. The molecule has 0 amide bonds. The molecule has 0 radical (unpaired) electrons. The summed E-state index contributed by atoms with van der Waals surface area (Å²) in [6.45, 7) is 4.76. The molecule has 54 valence electrons. The first-order valence-electron chi connectivity index (χ1n) is 3.67. The maximum atomic E-state index is 2.38. The molecule has 0 bridgehead atoms. The van der Waals surface area contributed by atoms with E-state index in [1.54, 1.807) is 0 Å². The van der Waals surface area contributed by atoms with Crippen LogP contribution in [0.4, 0.5) is 0 Å². The van der Waals surface area contributed by atoms with Gasteiger partial charge in [-0.15, -0.1) is 0 Å². The van der Waals surface area contributed by atoms with E-state index >= 15 is 0 Å². The Bertz CT molecular complexity index is 96.7. The van der Waals surface area contributed by atoms with E-state index < -0.39 is 0 Å². The molecule has 0 aliphatic heterocycles. The first kappa shape index (κ1) is 7.46. The molecule has 1 aliphatic carbocycles. The second-order valence-electron chi connectivity index (χ2n) is 3.76. The first-order chi connectivity index (χ1) is 4.14. The van der Waals surface area contributed by atoms with Gasteiger partial charge in [0.25, 0.3) is 0 Å². The van der Waals surface area contributed by atoms with Crippen LogP contribution in [0.15, 0.2) is 0 Å². The van der Waals surface area contributed by atoms with Crippen molar-refractivity contribution in [2.75, 3.05) is 6.26 Å². The summed E-state index contributed by atoms with van der Waals surface area (Å²) in [5.41, 5.74) is 0.647. The fraction of sp³-hybridized carbons (Fsp3) is 1.00. The molecule has 1 saturated carbocycles. The highest BCUT2D eigenvalue weighted by Crippen LogP contribution is 2.41. The van der Waals surface area contributed by atoms with Gasteiger partial charge in [-0.2, -0.15) is 11.8 Å². The van der Waals surface area contributed by atoms with Crippen LogP contribution in [0.3, 0.4) is 0 Å². The molecule has 9 heavy (non-hydrogen) atoms. The number of thioether (sulfide) groups is 1. The summed E-state index contributed by atoms with van der Waals surface area (Å²) in [5.74, 6) is 0. The summed E-state index contributed by atoms with van der Waals surface area (Å²) in [6.07, 6.45) is 6.52. The molecule has 1 atom stereocenters. The van der Waals surface area contributed by atoms with Crippen molar-refractivity contribution in [1.29, 1.82) is 0 Å². The molecule has 0 aromatic carbocycles. The van der Waals surface area contributed by atoms with Gasteiger partial charge in [0.15, 0.2) is 0 Å².